The lowest BCUT2D eigenvalue weighted by atomic mass is 10.0. The van der Waals surface area contributed by atoms with Crippen LogP contribution in [0.2, 0.25) is 0 Å². The predicted octanol–water partition coefficient (Wildman–Crippen LogP) is 3.90. The Morgan fingerprint density at radius 2 is 1.81 bits per heavy atom. The topological polar surface area (TPSA) is 124 Å². The van der Waals surface area contributed by atoms with Crippen molar-refractivity contribution in [3.63, 3.8) is 0 Å². The van der Waals surface area contributed by atoms with Gasteiger partial charge in [0, 0.05) is 25.8 Å². The molecule has 1 fully saturated rings. The Morgan fingerprint density at radius 1 is 1.06 bits per heavy atom. The highest BCUT2D eigenvalue weighted by atomic mass is 19.4. The molecule has 1 aromatic carbocycles. The highest BCUT2D eigenvalue weighted by Crippen LogP contribution is 2.36. The summed E-state index contributed by atoms with van der Waals surface area (Å²) in [5, 5.41) is 15.8. The van der Waals surface area contributed by atoms with Gasteiger partial charge in [-0.15, -0.1) is 5.10 Å². The van der Waals surface area contributed by atoms with Crippen molar-refractivity contribution in [3.8, 4) is 11.4 Å². The molecule has 1 saturated heterocycles. The minimum absolute atomic E-state index is 0.0335. The van der Waals surface area contributed by atoms with Crippen molar-refractivity contribution in [3.05, 3.63) is 41.2 Å². The third-order valence-corrected chi connectivity index (χ3v) is 6.20. The molecule has 13 heteroatoms. The molecular formula is C23H25F3N10. The third-order valence-electron chi connectivity index (χ3n) is 6.20. The number of nitrogens with two attached hydrogens (primary N) is 1. The van der Waals surface area contributed by atoms with Crippen LogP contribution in [-0.2, 0) is 13.2 Å². The van der Waals surface area contributed by atoms with E-state index in [-0.39, 0.29) is 5.69 Å². The zero-order valence-electron chi connectivity index (χ0n) is 20.0. The van der Waals surface area contributed by atoms with E-state index >= 15 is 0 Å². The lowest BCUT2D eigenvalue weighted by Crippen LogP contribution is -2.21. The van der Waals surface area contributed by atoms with E-state index < -0.39 is 17.8 Å². The molecule has 1 aliphatic rings. The molecule has 4 aromatic rings. The summed E-state index contributed by atoms with van der Waals surface area (Å²) in [6.07, 6.45) is -2.39. The Kier molecular flexibility index (Phi) is 5.85. The maximum Gasteiger partial charge on any atom is 0.416 e. The maximum absolute atomic E-state index is 13.3. The average molecular weight is 499 g/mol. The number of tetrazole rings is 1. The van der Waals surface area contributed by atoms with Gasteiger partial charge in [0.15, 0.2) is 11.5 Å². The summed E-state index contributed by atoms with van der Waals surface area (Å²) in [4.78, 5) is 16.1. The smallest absolute Gasteiger partial charge is 0.399 e. The van der Waals surface area contributed by atoms with Gasteiger partial charge < -0.3 is 16.0 Å². The second-order valence-corrected chi connectivity index (χ2v) is 8.92. The number of nitrogens with one attached hydrogen (secondary N) is 1. The zero-order valence-corrected chi connectivity index (χ0v) is 20.0. The number of nitrogen functional groups attached to an aromatic ring is 1. The molecule has 5 rings (SSSR count). The van der Waals surface area contributed by atoms with Crippen molar-refractivity contribution in [2.75, 3.05) is 29.0 Å². The Bertz CT molecular complexity index is 1430. The first-order chi connectivity index (χ1) is 17.1. The van der Waals surface area contributed by atoms with E-state index in [0.717, 1.165) is 49.4 Å². The summed E-state index contributed by atoms with van der Waals surface area (Å²) in [5.41, 5.74) is 6.59. The number of halogens is 3. The standard InChI is InChI=1S/C23H25F3N10/c1-12(14-8-15(23(24,25)26)10-16(27)9-14)28-19-17-11-18(22-32-33-34-35(22)3)21(36-6-4-5-7-36)31-20(17)30-13(2)29-19/h8-12H,4-7,27H2,1-3H3,(H,28,29,30,31)/t12-/m1/s1. The van der Waals surface area contributed by atoms with Gasteiger partial charge in [-0.1, -0.05) is 0 Å². The SMILES string of the molecule is Cc1nc(N[C@H](C)c2cc(N)cc(C(F)(F)F)c2)c2cc(-c3nnnn3C)c(N3CCCC3)nc2n1. The second-order valence-electron chi connectivity index (χ2n) is 8.92. The van der Waals surface area contributed by atoms with Gasteiger partial charge in [0.25, 0.3) is 0 Å². The van der Waals surface area contributed by atoms with E-state index in [9.17, 15) is 13.2 Å². The molecule has 0 unspecified atom stereocenters. The number of hydrogen-bond acceptors (Lipinski definition) is 9. The lowest BCUT2D eigenvalue weighted by molar-refractivity contribution is -0.137. The van der Waals surface area contributed by atoms with E-state index in [1.807, 2.05) is 6.07 Å². The Labute approximate surface area is 204 Å². The first-order valence-electron chi connectivity index (χ1n) is 11.5. The molecule has 36 heavy (non-hydrogen) atoms. The van der Waals surface area contributed by atoms with Crippen LogP contribution >= 0.6 is 0 Å². The number of pyridine rings is 1. The number of benzene rings is 1. The number of hydrogen-bond donors (Lipinski definition) is 2. The summed E-state index contributed by atoms with van der Waals surface area (Å²) in [6, 6.07) is 4.88. The number of fused-ring (bicyclic) bond motifs is 1. The van der Waals surface area contributed by atoms with Gasteiger partial charge in [0.2, 0.25) is 0 Å². The number of rotatable bonds is 5. The number of nitrogens with zero attached hydrogens (tertiary/aromatic N) is 8. The van der Waals surface area contributed by atoms with Crippen LogP contribution in [0.15, 0.2) is 24.3 Å². The molecule has 3 aromatic heterocycles. The van der Waals surface area contributed by atoms with Gasteiger partial charge in [-0.2, -0.15) is 13.2 Å². The van der Waals surface area contributed by atoms with E-state index in [0.29, 0.717) is 34.1 Å². The minimum Gasteiger partial charge on any atom is -0.399 e. The lowest BCUT2D eigenvalue weighted by Gasteiger charge is -2.22. The zero-order chi connectivity index (χ0) is 25.6. The van der Waals surface area contributed by atoms with Crippen LogP contribution < -0.4 is 16.0 Å². The van der Waals surface area contributed by atoms with Crippen molar-refractivity contribution in [1.82, 2.24) is 35.2 Å². The monoisotopic (exact) mass is 498 g/mol. The molecule has 0 spiro atoms. The van der Waals surface area contributed by atoms with Gasteiger partial charge in [0.1, 0.15) is 17.5 Å². The molecule has 10 nitrogen and oxygen atoms in total. The van der Waals surface area contributed by atoms with Crippen LogP contribution in [-0.4, -0.2) is 48.2 Å². The third kappa shape index (κ3) is 4.48. The predicted molar refractivity (Wildman–Crippen MR) is 129 cm³/mol. The van der Waals surface area contributed by atoms with Gasteiger partial charge >= 0.3 is 6.18 Å². The minimum atomic E-state index is -4.50. The second kappa shape index (κ2) is 8.88. The van der Waals surface area contributed by atoms with E-state index in [1.165, 1.54) is 6.07 Å². The molecule has 0 aliphatic carbocycles. The summed E-state index contributed by atoms with van der Waals surface area (Å²) < 4.78 is 41.6. The van der Waals surface area contributed by atoms with E-state index in [1.54, 1.807) is 25.6 Å². The molecule has 188 valence electrons. The van der Waals surface area contributed by atoms with Crippen LogP contribution in [0.5, 0.6) is 0 Å². The summed E-state index contributed by atoms with van der Waals surface area (Å²) in [5.74, 6) is 2.20. The molecule has 0 bridgehead atoms. The fraction of sp³-hybridized carbons (Fsp3) is 0.391. The molecule has 0 amide bonds. The van der Waals surface area contributed by atoms with Crippen LogP contribution in [0.3, 0.4) is 0 Å². The molecular weight excluding hydrogens is 473 g/mol. The molecule has 4 heterocycles. The van der Waals surface area contributed by atoms with Gasteiger partial charge in [-0.05, 0) is 66.9 Å². The molecule has 0 radical (unpaired) electrons. The van der Waals surface area contributed by atoms with Gasteiger partial charge in [-0.25, -0.2) is 19.6 Å². The first kappa shape index (κ1) is 23.7. The van der Waals surface area contributed by atoms with Crippen molar-refractivity contribution in [1.29, 1.82) is 0 Å². The van der Waals surface area contributed by atoms with E-state index in [2.05, 4.69) is 35.7 Å². The van der Waals surface area contributed by atoms with Crippen molar-refractivity contribution >= 4 is 28.4 Å². The Morgan fingerprint density at radius 3 is 2.47 bits per heavy atom. The number of alkyl halides is 3. The number of aryl methyl sites for hydroxylation is 2. The van der Waals surface area contributed by atoms with Crippen LogP contribution in [0.4, 0.5) is 30.5 Å². The van der Waals surface area contributed by atoms with Crippen molar-refractivity contribution in [2.24, 2.45) is 7.05 Å². The quantitative estimate of drug-likeness (QED) is 0.394. The fourth-order valence-corrected chi connectivity index (χ4v) is 4.43. The summed E-state index contributed by atoms with van der Waals surface area (Å²) in [7, 11) is 1.75. The van der Waals surface area contributed by atoms with Crippen LogP contribution in [0.25, 0.3) is 22.4 Å². The molecule has 1 atom stereocenters. The maximum atomic E-state index is 13.3. The van der Waals surface area contributed by atoms with Crippen molar-refractivity contribution < 1.29 is 13.2 Å². The van der Waals surface area contributed by atoms with Crippen LogP contribution in [0.1, 0.15) is 42.8 Å². The molecule has 0 saturated carbocycles. The fourth-order valence-electron chi connectivity index (χ4n) is 4.43. The Balaban J connectivity index is 1.61. The summed E-state index contributed by atoms with van der Waals surface area (Å²) >= 11 is 0. The summed E-state index contributed by atoms with van der Waals surface area (Å²) in [6.45, 7) is 5.22. The number of aromatic nitrogens is 7. The highest BCUT2D eigenvalue weighted by Gasteiger charge is 2.31. The average Bonchev–Trinajstić information content (AvgIpc) is 3.49. The first-order valence-corrected chi connectivity index (χ1v) is 11.5. The number of anilines is 3. The highest BCUT2D eigenvalue weighted by molar-refractivity contribution is 5.93. The normalized spacial score (nSPS) is 15.0. The van der Waals surface area contributed by atoms with Crippen molar-refractivity contribution in [2.45, 2.75) is 38.9 Å². The molecule has 3 N–H and O–H groups in total. The largest absolute Gasteiger partial charge is 0.416 e. The molecule has 1 aliphatic heterocycles. The van der Waals surface area contributed by atoms with E-state index in [4.69, 9.17) is 10.7 Å². The Hall–Kier alpha value is -4.03. The van der Waals surface area contributed by atoms with Gasteiger partial charge in [0.05, 0.1) is 22.6 Å². The van der Waals surface area contributed by atoms with Crippen LogP contribution in [0, 0.1) is 6.92 Å². The van der Waals surface area contributed by atoms with Gasteiger partial charge in [-0.3, -0.25) is 0 Å².